The minimum atomic E-state index is -0.0589. The molecule has 0 atom stereocenters. The van der Waals surface area contributed by atoms with Crippen LogP contribution in [-0.2, 0) is 24.1 Å². The van der Waals surface area contributed by atoms with E-state index in [1.54, 1.807) is 0 Å². The maximum absolute atomic E-state index is 12.5. The second-order valence-electron chi connectivity index (χ2n) is 6.57. The van der Waals surface area contributed by atoms with Crippen LogP contribution in [-0.4, -0.2) is 24.9 Å². The summed E-state index contributed by atoms with van der Waals surface area (Å²) in [6, 6.07) is 11.6. The van der Waals surface area contributed by atoms with Gasteiger partial charge in [0.2, 0.25) is 5.91 Å². The fourth-order valence-electron chi connectivity index (χ4n) is 3.70. The van der Waals surface area contributed by atoms with E-state index < -0.39 is 0 Å². The lowest BCUT2D eigenvalue weighted by atomic mass is 9.96. The van der Waals surface area contributed by atoms with Crippen molar-refractivity contribution in [3.63, 3.8) is 0 Å². The van der Waals surface area contributed by atoms with Crippen LogP contribution < -0.4 is 10.2 Å². The van der Waals surface area contributed by atoms with Crippen molar-refractivity contribution in [1.29, 1.82) is 0 Å². The summed E-state index contributed by atoms with van der Waals surface area (Å²) >= 11 is 5.98. The molecule has 2 heterocycles. The summed E-state index contributed by atoms with van der Waals surface area (Å²) in [4.78, 5) is 26.4. The Morgan fingerprint density at radius 3 is 2.72 bits per heavy atom. The van der Waals surface area contributed by atoms with Gasteiger partial charge in [-0.3, -0.25) is 9.59 Å². The standard InChI is InChI=1S/C20H19ClN2O2/c21-17-3-1-2-13(10-17)6-8-22-20(25)16-11-14-4-5-18(24)23-9-7-15(12-16)19(14)23/h1-3,10-12H,4-9H2,(H,22,25). The topological polar surface area (TPSA) is 49.4 Å². The summed E-state index contributed by atoms with van der Waals surface area (Å²) in [5, 5.41) is 3.69. The van der Waals surface area contributed by atoms with Gasteiger partial charge in [0.05, 0.1) is 5.69 Å². The zero-order valence-corrected chi connectivity index (χ0v) is 14.6. The summed E-state index contributed by atoms with van der Waals surface area (Å²) < 4.78 is 0. The van der Waals surface area contributed by atoms with Crippen LogP contribution in [0.4, 0.5) is 5.69 Å². The molecule has 2 aromatic rings. The SMILES string of the molecule is O=C(NCCc1cccc(Cl)c1)c1cc2c3c(c1)CCN3C(=O)CC2. The largest absolute Gasteiger partial charge is 0.352 e. The van der Waals surface area contributed by atoms with Gasteiger partial charge in [0.25, 0.3) is 5.91 Å². The first kappa shape index (κ1) is 16.2. The van der Waals surface area contributed by atoms with E-state index in [0.29, 0.717) is 23.6 Å². The first-order chi connectivity index (χ1) is 12.1. The van der Waals surface area contributed by atoms with E-state index in [4.69, 9.17) is 11.6 Å². The molecule has 2 aliphatic heterocycles. The molecule has 0 bridgehead atoms. The van der Waals surface area contributed by atoms with Crippen molar-refractivity contribution in [2.45, 2.75) is 25.7 Å². The van der Waals surface area contributed by atoms with Crippen LogP contribution in [0.1, 0.15) is 33.5 Å². The second kappa shape index (κ2) is 6.52. The van der Waals surface area contributed by atoms with E-state index in [-0.39, 0.29) is 11.8 Å². The van der Waals surface area contributed by atoms with Crippen molar-refractivity contribution in [3.8, 4) is 0 Å². The average molecular weight is 355 g/mol. The molecule has 0 aromatic heterocycles. The van der Waals surface area contributed by atoms with E-state index >= 15 is 0 Å². The number of nitrogens with one attached hydrogen (secondary N) is 1. The van der Waals surface area contributed by atoms with Gasteiger partial charge in [0, 0.05) is 30.1 Å². The predicted octanol–water partition coefficient (Wildman–Crippen LogP) is 3.15. The molecule has 4 nitrogen and oxygen atoms in total. The number of halogens is 1. The Hall–Kier alpha value is -2.33. The van der Waals surface area contributed by atoms with Crippen molar-refractivity contribution in [2.75, 3.05) is 18.0 Å². The number of benzene rings is 2. The van der Waals surface area contributed by atoms with Gasteiger partial charge in [-0.2, -0.15) is 0 Å². The first-order valence-electron chi connectivity index (χ1n) is 8.60. The molecule has 2 aliphatic rings. The summed E-state index contributed by atoms with van der Waals surface area (Å²) in [5.41, 5.74) is 5.08. The molecule has 25 heavy (non-hydrogen) atoms. The van der Waals surface area contributed by atoms with Gasteiger partial charge in [0.15, 0.2) is 0 Å². The highest BCUT2D eigenvalue weighted by atomic mass is 35.5. The van der Waals surface area contributed by atoms with Gasteiger partial charge in [0.1, 0.15) is 0 Å². The van der Waals surface area contributed by atoms with Crippen molar-refractivity contribution < 1.29 is 9.59 Å². The lowest BCUT2D eigenvalue weighted by Gasteiger charge is -2.25. The molecular formula is C20H19ClN2O2. The Bertz CT molecular complexity index is 863. The van der Waals surface area contributed by atoms with Crippen LogP contribution in [0.15, 0.2) is 36.4 Å². The molecule has 2 amide bonds. The van der Waals surface area contributed by atoms with Crippen molar-refractivity contribution in [2.24, 2.45) is 0 Å². The number of carbonyl (C=O) groups is 2. The molecule has 0 spiro atoms. The molecule has 0 fully saturated rings. The highest BCUT2D eigenvalue weighted by Gasteiger charge is 2.31. The van der Waals surface area contributed by atoms with Crippen LogP contribution in [0.2, 0.25) is 5.02 Å². The van der Waals surface area contributed by atoms with Gasteiger partial charge < -0.3 is 10.2 Å². The van der Waals surface area contributed by atoms with Crippen LogP contribution in [0.5, 0.6) is 0 Å². The Morgan fingerprint density at radius 2 is 1.92 bits per heavy atom. The van der Waals surface area contributed by atoms with Crippen molar-refractivity contribution in [3.05, 3.63) is 63.7 Å². The summed E-state index contributed by atoms with van der Waals surface area (Å²) in [6.07, 6.45) is 2.83. The summed E-state index contributed by atoms with van der Waals surface area (Å²) in [5.74, 6) is 0.140. The lowest BCUT2D eigenvalue weighted by molar-refractivity contribution is -0.118. The summed E-state index contributed by atoms with van der Waals surface area (Å²) in [6.45, 7) is 1.30. The maximum atomic E-state index is 12.5. The van der Waals surface area contributed by atoms with E-state index in [1.807, 2.05) is 41.3 Å². The van der Waals surface area contributed by atoms with E-state index in [9.17, 15) is 9.59 Å². The number of carbonyl (C=O) groups excluding carboxylic acids is 2. The number of hydrogen-bond acceptors (Lipinski definition) is 2. The minimum absolute atomic E-state index is 0.0589. The number of amides is 2. The van der Waals surface area contributed by atoms with E-state index in [0.717, 1.165) is 48.2 Å². The zero-order chi connectivity index (χ0) is 17.4. The van der Waals surface area contributed by atoms with Crippen molar-refractivity contribution >= 4 is 29.1 Å². The third-order valence-electron chi connectivity index (χ3n) is 4.90. The number of anilines is 1. The number of nitrogens with zero attached hydrogens (tertiary/aromatic N) is 1. The normalized spacial score (nSPS) is 15.2. The summed E-state index contributed by atoms with van der Waals surface area (Å²) in [7, 11) is 0. The molecule has 0 unspecified atom stereocenters. The molecule has 0 aliphatic carbocycles. The van der Waals surface area contributed by atoms with Crippen molar-refractivity contribution in [1.82, 2.24) is 5.32 Å². The quantitative estimate of drug-likeness (QED) is 0.917. The van der Waals surface area contributed by atoms with Crippen LogP contribution in [0, 0.1) is 0 Å². The number of aryl methyl sites for hydroxylation is 1. The Labute approximate surface area is 151 Å². The van der Waals surface area contributed by atoms with Gasteiger partial charge in [-0.25, -0.2) is 0 Å². The Kier molecular flexibility index (Phi) is 4.22. The number of rotatable bonds is 4. The molecular weight excluding hydrogens is 336 g/mol. The Balaban J connectivity index is 1.46. The maximum Gasteiger partial charge on any atom is 0.251 e. The van der Waals surface area contributed by atoms with Gasteiger partial charge in [-0.05, 0) is 60.2 Å². The van der Waals surface area contributed by atoms with Gasteiger partial charge >= 0.3 is 0 Å². The molecule has 0 saturated heterocycles. The second-order valence-corrected chi connectivity index (χ2v) is 7.01. The monoisotopic (exact) mass is 354 g/mol. The third-order valence-corrected chi connectivity index (χ3v) is 5.14. The molecule has 4 rings (SSSR count). The lowest BCUT2D eigenvalue weighted by Crippen LogP contribution is -2.33. The Morgan fingerprint density at radius 1 is 1.12 bits per heavy atom. The highest BCUT2D eigenvalue weighted by Crippen LogP contribution is 2.37. The zero-order valence-electron chi connectivity index (χ0n) is 13.8. The predicted molar refractivity (Wildman–Crippen MR) is 98.3 cm³/mol. The van der Waals surface area contributed by atoms with Gasteiger partial charge in [-0.15, -0.1) is 0 Å². The molecule has 1 N–H and O–H groups in total. The highest BCUT2D eigenvalue weighted by molar-refractivity contribution is 6.30. The van der Waals surface area contributed by atoms with Crippen LogP contribution in [0.25, 0.3) is 0 Å². The fourth-order valence-corrected chi connectivity index (χ4v) is 3.92. The molecule has 0 saturated carbocycles. The molecule has 128 valence electrons. The first-order valence-corrected chi connectivity index (χ1v) is 8.98. The van der Waals surface area contributed by atoms with Gasteiger partial charge in [-0.1, -0.05) is 23.7 Å². The van der Waals surface area contributed by atoms with Crippen LogP contribution >= 0.6 is 11.6 Å². The fraction of sp³-hybridized carbons (Fsp3) is 0.300. The molecule has 0 radical (unpaired) electrons. The van der Waals surface area contributed by atoms with Crippen LogP contribution in [0.3, 0.4) is 0 Å². The molecule has 2 aromatic carbocycles. The third kappa shape index (κ3) is 3.14. The number of hydrogen-bond donors (Lipinski definition) is 1. The minimum Gasteiger partial charge on any atom is -0.352 e. The van der Waals surface area contributed by atoms with E-state index in [1.165, 1.54) is 0 Å². The average Bonchev–Trinajstić information content (AvgIpc) is 3.03. The smallest absolute Gasteiger partial charge is 0.251 e. The van der Waals surface area contributed by atoms with E-state index in [2.05, 4.69) is 5.32 Å². The molecule has 5 heteroatoms.